The molecular weight excluding hydrogens is 388 g/mol. The maximum atomic E-state index is 12.5. The molecule has 1 aromatic carbocycles. The van der Waals surface area contributed by atoms with E-state index in [2.05, 4.69) is 17.1 Å². The zero-order chi connectivity index (χ0) is 20.8. The second-order valence-electron chi connectivity index (χ2n) is 7.41. The SMILES string of the molecule is CCNC(=NCCOc1ccc2c(c1)OCO2)N1CCN(C(=O)C2CCCO2)CC1. The highest BCUT2D eigenvalue weighted by Gasteiger charge is 2.30. The number of hydrogen-bond donors (Lipinski definition) is 1. The van der Waals surface area contributed by atoms with Crippen molar-refractivity contribution >= 4 is 11.9 Å². The number of piperazine rings is 1. The van der Waals surface area contributed by atoms with Crippen LogP contribution in [0.4, 0.5) is 0 Å². The van der Waals surface area contributed by atoms with Crippen LogP contribution in [0.25, 0.3) is 0 Å². The topological polar surface area (TPSA) is 84.9 Å². The monoisotopic (exact) mass is 418 g/mol. The summed E-state index contributed by atoms with van der Waals surface area (Å²) in [5.41, 5.74) is 0. The molecule has 0 radical (unpaired) electrons. The lowest BCUT2D eigenvalue weighted by Gasteiger charge is -2.37. The first-order chi connectivity index (χ1) is 14.7. The van der Waals surface area contributed by atoms with Crippen molar-refractivity contribution in [2.45, 2.75) is 25.9 Å². The molecule has 3 heterocycles. The van der Waals surface area contributed by atoms with E-state index in [1.165, 1.54) is 0 Å². The highest BCUT2D eigenvalue weighted by Crippen LogP contribution is 2.35. The number of benzene rings is 1. The maximum Gasteiger partial charge on any atom is 0.251 e. The van der Waals surface area contributed by atoms with Crippen LogP contribution < -0.4 is 19.5 Å². The van der Waals surface area contributed by atoms with Crippen LogP contribution in [0.15, 0.2) is 23.2 Å². The van der Waals surface area contributed by atoms with Gasteiger partial charge in [-0.25, -0.2) is 4.99 Å². The van der Waals surface area contributed by atoms with E-state index in [0.717, 1.165) is 49.9 Å². The number of aliphatic imine (C=N–C) groups is 1. The van der Waals surface area contributed by atoms with Crippen LogP contribution in [0, 0.1) is 0 Å². The highest BCUT2D eigenvalue weighted by atomic mass is 16.7. The predicted molar refractivity (Wildman–Crippen MR) is 111 cm³/mol. The molecular formula is C21H30N4O5. The Labute approximate surface area is 176 Å². The first-order valence-corrected chi connectivity index (χ1v) is 10.7. The summed E-state index contributed by atoms with van der Waals surface area (Å²) in [5, 5.41) is 3.34. The summed E-state index contributed by atoms with van der Waals surface area (Å²) in [4.78, 5) is 21.3. The zero-order valence-electron chi connectivity index (χ0n) is 17.5. The van der Waals surface area contributed by atoms with Crippen molar-refractivity contribution < 1.29 is 23.7 Å². The molecule has 164 valence electrons. The Kier molecular flexibility index (Phi) is 6.78. The molecule has 0 bridgehead atoms. The van der Waals surface area contributed by atoms with Crippen LogP contribution in [0.1, 0.15) is 19.8 Å². The smallest absolute Gasteiger partial charge is 0.251 e. The number of hydrogen-bond acceptors (Lipinski definition) is 6. The number of carbonyl (C=O) groups excluding carboxylic acids is 1. The van der Waals surface area contributed by atoms with E-state index in [-0.39, 0.29) is 18.8 Å². The Morgan fingerprint density at radius 3 is 2.77 bits per heavy atom. The molecule has 0 spiro atoms. The summed E-state index contributed by atoms with van der Waals surface area (Å²) < 4.78 is 22.0. The molecule has 3 aliphatic rings. The molecule has 1 atom stereocenters. The fourth-order valence-corrected chi connectivity index (χ4v) is 3.82. The van der Waals surface area contributed by atoms with Crippen molar-refractivity contribution in [3.05, 3.63) is 18.2 Å². The van der Waals surface area contributed by atoms with Gasteiger partial charge in [-0.2, -0.15) is 0 Å². The summed E-state index contributed by atoms with van der Waals surface area (Å²) in [5.74, 6) is 3.18. The van der Waals surface area contributed by atoms with Gasteiger partial charge < -0.3 is 34.1 Å². The van der Waals surface area contributed by atoms with Gasteiger partial charge in [-0.15, -0.1) is 0 Å². The number of carbonyl (C=O) groups is 1. The van der Waals surface area contributed by atoms with Gasteiger partial charge in [0, 0.05) is 45.4 Å². The number of rotatable bonds is 6. The van der Waals surface area contributed by atoms with E-state index in [4.69, 9.17) is 23.9 Å². The van der Waals surface area contributed by atoms with Gasteiger partial charge in [0.1, 0.15) is 18.5 Å². The largest absolute Gasteiger partial charge is 0.492 e. The molecule has 9 heteroatoms. The van der Waals surface area contributed by atoms with Gasteiger partial charge >= 0.3 is 0 Å². The average molecular weight is 418 g/mol. The second kappa shape index (κ2) is 9.88. The minimum absolute atomic E-state index is 0.131. The van der Waals surface area contributed by atoms with Gasteiger partial charge in [0.15, 0.2) is 17.5 Å². The third-order valence-corrected chi connectivity index (χ3v) is 5.40. The lowest BCUT2D eigenvalue weighted by molar-refractivity contribution is -0.142. The minimum atomic E-state index is -0.244. The Morgan fingerprint density at radius 2 is 2.00 bits per heavy atom. The van der Waals surface area contributed by atoms with Gasteiger partial charge in [0.05, 0.1) is 6.54 Å². The van der Waals surface area contributed by atoms with Gasteiger partial charge in [-0.05, 0) is 31.9 Å². The molecule has 9 nitrogen and oxygen atoms in total. The number of amides is 1. The maximum absolute atomic E-state index is 12.5. The van der Waals surface area contributed by atoms with Crippen LogP contribution >= 0.6 is 0 Å². The Hall–Kier alpha value is -2.68. The van der Waals surface area contributed by atoms with Crippen LogP contribution in [0.2, 0.25) is 0 Å². The lowest BCUT2D eigenvalue weighted by Crippen LogP contribution is -2.55. The van der Waals surface area contributed by atoms with Crippen molar-refractivity contribution in [3.63, 3.8) is 0 Å². The molecule has 4 rings (SSSR count). The van der Waals surface area contributed by atoms with Gasteiger partial charge in [0.25, 0.3) is 5.91 Å². The van der Waals surface area contributed by atoms with Gasteiger partial charge in [0.2, 0.25) is 6.79 Å². The molecule has 1 unspecified atom stereocenters. The van der Waals surface area contributed by atoms with Gasteiger partial charge in [-0.1, -0.05) is 0 Å². The van der Waals surface area contributed by atoms with E-state index in [0.29, 0.717) is 38.6 Å². The summed E-state index contributed by atoms with van der Waals surface area (Å²) in [7, 11) is 0. The van der Waals surface area contributed by atoms with E-state index >= 15 is 0 Å². The third-order valence-electron chi connectivity index (χ3n) is 5.40. The number of ether oxygens (including phenoxy) is 4. The number of guanidine groups is 1. The molecule has 3 aliphatic heterocycles. The normalized spacial score (nSPS) is 21.1. The third kappa shape index (κ3) is 4.89. The second-order valence-corrected chi connectivity index (χ2v) is 7.41. The fraction of sp³-hybridized carbons (Fsp3) is 0.619. The van der Waals surface area contributed by atoms with Crippen LogP contribution in [-0.4, -0.2) is 87.0 Å². The first-order valence-electron chi connectivity index (χ1n) is 10.7. The van der Waals surface area contributed by atoms with Crippen LogP contribution in [0.3, 0.4) is 0 Å². The van der Waals surface area contributed by atoms with Crippen molar-refractivity contribution in [1.29, 1.82) is 0 Å². The van der Waals surface area contributed by atoms with E-state index in [1.807, 2.05) is 23.1 Å². The number of fused-ring (bicyclic) bond motifs is 1. The van der Waals surface area contributed by atoms with Crippen molar-refractivity contribution in [1.82, 2.24) is 15.1 Å². The van der Waals surface area contributed by atoms with E-state index < -0.39 is 0 Å². The van der Waals surface area contributed by atoms with Crippen LogP contribution in [0.5, 0.6) is 17.2 Å². The Balaban J connectivity index is 1.25. The molecule has 30 heavy (non-hydrogen) atoms. The number of nitrogens with one attached hydrogen (secondary N) is 1. The Bertz CT molecular complexity index is 758. The predicted octanol–water partition coefficient (Wildman–Crippen LogP) is 1.08. The summed E-state index contributed by atoms with van der Waals surface area (Å²) in [6.07, 6.45) is 1.57. The molecule has 1 amide bonds. The minimum Gasteiger partial charge on any atom is -0.492 e. The number of nitrogens with zero attached hydrogens (tertiary/aromatic N) is 3. The standard InChI is InChI=1S/C21H30N4O5/c1-2-22-21(23-7-13-27-16-5-6-17-19(14-16)30-15-29-17)25-10-8-24(9-11-25)20(26)18-4-3-12-28-18/h5-6,14,18H,2-4,7-13,15H2,1H3,(H,22,23). The van der Waals surface area contributed by atoms with Crippen molar-refractivity contribution in [3.8, 4) is 17.2 Å². The Morgan fingerprint density at radius 1 is 1.20 bits per heavy atom. The summed E-state index contributed by atoms with van der Waals surface area (Å²) >= 11 is 0. The fourth-order valence-electron chi connectivity index (χ4n) is 3.82. The van der Waals surface area contributed by atoms with Gasteiger partial charge in [-0.3, -0.25) is 4.79 Å². The molecule has 1 N–H and O–H groups in total. The van der Waals surface area contributed by atoms with E-state index in [1.54, 1.807) is 0 Å². The summed E-state index contributed by atoms with van der Waals surface area (Å²) in [6.45, 7) is 7.68. The average Bonchev–Trinajstić information content (AvgIpc) is 3.47. The molecule has 0 aliphatic carbocycles. The molecule has 0 aromatic heterocycles. The molecule has 2 saturated heterocycles. The lowest BCUT2D eigenvalue weighted by atomic mass is 10.2. The highest BCUT2D eigenvalue weighted by molar-refractivity contribution is 5.82. The van der Waals surface area contributed by atoms with Crippen molar-refractivity contribution in [2.75, 3.05) is 59.3 Å². The van der Waals surface area contributed by atoms with Crippen LogP contribution in [-0.2, 0) is 9.53 Å². The quantitative estimate of drug-likeness (QED) is 0.420. The molecule has 1 aromatic rings. The molecule has 0 saturated carbocycles. The molecule has 2 fully saturated rings. The van der Waals surface area contributed by atoms with E-state index in [9.17, 15) is 4.79 Å². The van der Waals surface area contributed by atoms with Crippen molar-refractivity contribution in [2.24, 2.45) is 4.99 Å². The zero-order valence-corrected chi connectivity index (χ0v) is 17.5. The summed E-state index contributed by atoms with van der Waals surface area (Å²) in [6, 6.07) is 5.55. The first kappa shape index (κ1) is 20.6.